The van der Waals surface area contributed by atoms with Gasteiger partial charge in [-0.2, -0.15) is 0 Å². The second kappa shape index (κ2) is 6.94. The zero-order chi connectivity index (χ0) is 18.1. The van der Waals surface area contributed by atoms with Crippen LogP contribution >= 0.6 is 23.2 Å². The number of methoxy groups -OCH3 is 1. The molecule has 0 aliphatic heterocycles. The average Bonchev–Trinajstić information content (AvgIpc) is 3.30. The molecule has 26 heavy (non-hydrogen) atoms. The van der Waals surface area contributed by atoms with Crippen LogP contribution in [-0.2, 0) is 0 Å². The molecule has 2 aromatic heterocycles. The van der Waals surface area contributed by atoms with Crippen LogP contribution in [0, 0.1) is 0 Å². The highest BCUT2D eigenvalue weighted by atomic mass is 35.5. The quantitative estimate of drug-likeness (QED) is 0.373. The first kappa shape index (κ1) is 16.8. The zero-order valence-corrected chi connectivity index (χ0v) is 15.3. The summed E-state index contributed by atoms with van der Waals surface area (Å²) in [5, 5.41) is 1.14. The summed E-state index contributed by atoms with van der Waals surface area (Å²) in [6.07, 6.45) is 3.26. The fraction of sp³-hybridized carbons (Fsp3) is 0.0476. The van der Waals surface area contributed by atoms with Crippen LogP contribution in [-0.4, -0.2) is 7.11 Å². The summed E-state index contributed by atoms with van der Waals surface area (Å²) in [5.41, 5.74) is 3.60. The summed E-state index contributed by atoms with van der Waals surface area (Å²) < 4.78 is 16.7. The fourth-order valence-electron chi connectivity index (χ4n) is 2.89. The Balaban J connectivity index is 1.81. The summed E-state index contributed by atoms with van der Waals surface area (Å²) in [7, 11) is 1.64. The Bertz CT molecular complexity index is 1050. The Morgan fingerprint density at radius 3 is 2.04 bits per heavy atom. The van der Waals surface area contributed by atoms with Crippen molar-refractivity contribution in [3.05, 3.63) is 77.2 Å². The Morgan fingerprint density at radius 2 is 1.38 bits per heavy atom. The number of furan rings is 2. The molecule has 0 unspecified atom stereocenters. The molecular weight excluding hydrogens is 371 g/mol. The topological polar surface area (TPSA) is 35.5 Å². The van der Waals surface area contributed by atoms with Gasteiger partial charge >= 0.3 is 0 Å². The van der Waals surface area contributed by atoms with Gasteiger partial charge in [0.15, 0.2) is 11.5 Å². The molecule has 0 N–H and O–H groups in total. The van der Waals surface area contributed by atoms with Gasteiger partial charge in [0.05, 0.1) is 24.7 Å². The number of hydrogen-bond donors (Lipinski definition) is 0. The predicted molar refractivity (Wildman–Crippen MR) is 104 cm³/mol. The number of halogens is 2. The van der Waals surface area contributed by atoms with E-state index in [1.165, 1.54) is 0 Å². The molecule has 2 aromatic carbocycles. The number of ether oxygens (including phenoxy) is 1. The lowest BCUT2D eigenvalue weighted by Crippen LogP contribution is -1.85. The van der Waals surface area contributed by atoms with Crippen LogP contribution in [0.3, 0.4) is 0 Å². The summed E-state index contributed by atoms with van der Waals surface area (Å²) in [6.45, 7) is 0. The lowest BCUT2D eigenvalue weighted by atomic mass is 10.0. The van der Waals surface area contributed by atoms with Crippen LogP contribution in [0.1, 0.15) is 0 Å². The lowest BCUT2D eigenvalue weighted by molar-refractivity contribution is 0.415. The number of benzene rings is 2. The third-order valence-electron chi connectivity index (χ3n) is 4.16. The molecule has 0 aliphatic carbocycles. The van der Waals surface area contributed by atoms with Crippen molar-refractivity contribution in [3.8, 4) is 39.5 Å². The first-order valence-electron chi connectivity index (χ1n) is 7.92. The van der Waals surface area contributed by atoms with Gasteiger partial charge in [-0.3, -0.25) is 0 Å². The molecule has 0 amide bonds. The van der Waals surface area contributed by atoms with Crippen molar-refractivity contribution in [1.29, 1.82) is 0 Å². The van der Waals surface area contributed by atoms with Gasteiger partial charge in [-0.05, 0) is 42.0 Å². The molecular formula is C21H14Cl2O3. The van der Waals surface area contributed by atoms with E-state index in [-0.39, 0.29) is 0 Å². The van der Waals surface area contributed by atoms with Crippen LogP contribution in [0.25, 0.3) is 33.8 Å². The van der Waals surface area contributed by atoms with Crippen molar-refractivity contribution in [2.24, 2.45) is 0 Å². The second-order valence-electron chi connectivity index (χ2n) is 5.68. The number of hydrogen-bond acceptors (Lipinski definition) is 3. The van der Waals surface area contributed by atoms with Gasteiger partial charge in [0.2, 0.25) is 0 Å². The van der Waals surface area contributed by atoms with Gasteiger partial charge in [-0.1, -0.05) is 41.4 Å². The standard InChI is InChI=1S/C21H14Cl2O3/c1-24-15-5-2-13(3-6-15)16-8-10-25-20(16)21-18(9-11-26-21)17-7-4-14(22)12-19(17)23/h2-12H,1H3. The van der Waals surface area contributed by atoms with Gasteiger partial charge in [0, 0.05) is 21.7 Å². The molecule has 4 aromatic rings. The Kier molecular flexibility index (Phi) is 4.49. The van der Waals surface area contributed by atoms with Crippen LogP contribution < -0.4 is 4.74 Å². The van der Waals surface area contributed by atoms with Gasteiger partial charge < -0.3 is 13.6 Å². The highest BCUT2D eigenvalue weighted by molar-refractivity contribution is 6.36. The molecule has 2 heterocycles. The first-order valence-corrected chi connectivity index (χ1v) is 8.68. The Labute approximate surface area is 160 Å². The third kappa shape index (κ3) is 3.00. The normalized spacial score (nSPS) is 10.9. The minimum absolute atomic E-state index is 0.553. The van der Waals surface area contributed by atoms with Crippen LogP contribution in [0.2, 0.25) is 10.0 Å². The molecule has 0 atom stereocenters. The van der Waals surface area contributed by atoms with Crippen molar-refractivity contribution in [1.82, 2.24) is 0 Å². The minimum atomic E-state index is 0.553. The van der Waals surface area contributed by atoms with E-state index < -0.39 is 0 Å². The molecule has 0 fully saturated rings. The van der Waals surface area contributed by atoms with E-state index >= 15 is 0 Å². The van der Waals surface area contributed by atoms with Gasteiger partial charge in [0.1, 0.15) is 5.75 Å². The van der Waals surface area contributed by atoms with Gasteiger partial charge in [-0.15, -0.1) is 0 Å². The molecule has 0 radical (unpaired) electrons. The predicted octanol–water partition coefficient (Wildman–Crippen LogP) is 7.19. The van der Waals surface area contributed by atoms with Crippen molar-refractivity contribution in [2.75, 3.05) is 7.11 Å². The molecule has 0 saturated carbocycles. The van der Waals surface area contributed by atoms with E-state index in [0.717, 1.165) is 28.0 Å². The second-order valence-corrected chi connectivity index (χ2v) is 6.52. The van der Waals surface area contributed by atoms with E-state index in [9.17, 15) is 0 Å². The molecule has 0 spiro atoms. The lowest BCUT2D eigenvalue weighted by Gasteiger charge is -2.07. The maximum atomic E-state index is 6.37. The van der Waals surface area contributed by atoms with Crippen LogP contribution in [0.15, 0.2) is 76.0 Å². The molecule has 3 nitrogen and oxygen atoms in total. The molecule has 0 bridgehead atoms. The maximum absolute atomic E-state index is 6.37. The van der Waals surface area contributed by atoms with Crippen molar-refractivity contribution >= 4 is 23.2 Å². The van der Waals surface area contributed by atoms with Crippen molar-refractivity contribution in [2.45, 2.75) is 0 Å². The third-order valence-corrected chi connectivity index (χ3v) is 4.71. The van der Waals surface area contributed by atoms with E-state index in [1.807, 2.05) is 42.5 Å². The molecule has 0 aliphatic rings. The monoisotopic (exact) mass is 384 g/mol. The Hall–Kier alpha value is -2.62. The van der Waals surface area contributed by atoms with E-state index in [2.05, 4.69) is 0 Å². The molecule has 4 rings (SSSR count). The highest BCUT2D eigenvalue weighted by Gasteiger charge is 2.20. The van der Waals surface area contributed by atoms with E-state index in [4.69, 9.17) is 36.8 Å². The van der Waals surface area contributed by atoms with Crippen LogP contribution in [0.4, 0.5) is 0 Å². The Morgan fingerprint density at radius 1 is 0.731 bits per heavy atom. The van der Waals surface area contributed by atoms with E-state index in [0.29, 0.717) is 21.6 Å². The number of rotatable bonds is 4. The minimum Gasteiger partial charge on any atom is -0.497 e. The summed E-state index contributed by atoms with van der Waals surface area (Å²) >= 11 is 12.4. The average molecular weight is 385 g/mol. The SMILES string of the molecule is COc1ccc(-c2ccoc2-c2occc2-c2ccc(Cl)cc2Cl)cc1. The van der Waals surface area contributed by atoms with Crippen molar-refractivity contribution < 1.29 is 13.6 Å². The van der Waals surface area contributed by atoms with E-state index in [1.54, 1.807) is 31.8 Å². The zero-order valence-electron chi connectivity index (χ0n) is 13.8. The van der Waals surface area contributed by atoms with Gasteiger partial charge in [0.25, 0.3) is 0 Å². The largest absolute Gasteiger partial charge is 0.497 e. The smallest absolute Gasteiger partial charge is 0.177 e. The summed E-state index contributed by atoms with van der Waals surface area (Å²) in [4.78, 5) is 0. The molecule has 130 valence electrons. The molecule has 5 heteroatoms. The summed E-state index contributed by atoms with van der Waals surface area (Å²) in [6, 6.07) is 16.9. The molecule has 0 saturated heterocycles. The van der Waals surface area contributed by atoms with Gasteiger partial charge in [-0.25, -0.2) is 0 Å². The van der Waals surface area contributed by atoms with Crippen LogP contribution in [0.5, 0.6) is 5.75 Å². The fourth-order valence-corrected chi connectivity index (χ4v) is 3.40. The highest BCUT2D eigenvalue weighted by Crippen LogP contribution is 2.42. The summed E-state index contributed by atoms with van der Waals surface area (Å²) in [5.74, 6) is 2.05. The maximum Gasteiger partial charge on any atom is 0.177 e. The van der Waals surface area contributed by atoms with Crippen molar-refractivity contribution in [3.63, 3.8) is 0 Å². The first-order chi connectivity index (χ1) is 12.7.